The Balaban J connectivity index is 1.63. The first kappa shape index (κ1) is 20.2. The molecule has 3 rings (SSSR count). The zero-order chi connectivity index (χ0) is 19.4. The Morgan fingerprint density at radius 3 is 2.78 bits per heavy atom. The summed E-state index contributed by atoms with van der Waals surface area (Å²) in [7, 11) is -3.91. The van der Waals surface area contributed by atoms with Crippen LogP contribution in [0.15, 0.2) is 23.1 Å². The first-order chi connectivity index (χ1) is 12.9. The molecular weight excluding hydrogens is 373 g/mol. The van der Waals surface area contributed by atoms with Crippen molar-refractivity contribution in [2.24, 2.45) is 5.92 Å². The number of aryl methyl sites for hydroxylation is 1. The fourth-order valence-electron chi connectivity index (χ4n) is 3.52. The molecule has 0 aromatic heterocycles. The van der Waals surface area contributed by atoms with Crippen LogP contribution in [0.3, 0.4) is 0 Å². The fraction of sp³-hybridized carbons (Fsp3) is 0.611. The van der Waals surface area contributed by atoms with Gasteiger partial charge < -0.3 is 4.74 Å². The third kappa shape index (κ3) is 5.04. The molecule has 1 atom stereocenters. The van der Waals surface area contributed by atoms with Crippen LogP contribution in [0.5, 0.6) is 0 Å². The fourth-order valence-corrected chi connectivity index (χ4v) is 5.22. The summed E-state index contributed by atoms with van der Waals surface area (Å²) in [5.74, 6) is -0.946. The lowest BCUT2D eigenvalue weighted by Crippen LogP contribution is -2.49. The lowest BCUT2D eigenvalue weighted by atomic mass is 9.96. The van der Waals surface area contributed by atoms with Crippen molar-refractivity contribution >= 4 is 15.9 Å². The van der Waals surface area contributed by atoms with Gasteiger partial charge in [0.15, 0.2) is 0 Å². The van der Waals surface area contributed by atoms with Crippen LogP contribution >= 0.6 is 0 Å². The number of nitrogens with zero attached hydrogens (tertiary/aromatic N) is 2. The maximum absolute atomic E-state index is 14.1. The molecule has 9 heteroatoms. The first-order valence-corrected chi connectivity index (χ1v) is 10.7. The van der Waals surface area contributed by atoms with Crippen LogP contribution in [0.1, 0.15) is 24.8 Å². The van der Waals surface area contributed by atoms with E-state index in [2.05, 4.69) is 5.43 Å². The summed E-state index contributed by atoms with van der Waals surface area (Å²) in [6.07, 6.45) is 1.68. The van der Waals surface area contributed by atoms with Crippen LogP contribution in [0.4, 0.5) is 4.39 Å². The quantitative estimate of drug-likeness (QED) is 0.807. The molecule has 2 aliphatic heterocycles. The molecule has 0 saturated carbocycles. The Labute approximate surface area is 159 Å². The van der Waals surface area contributed by atoms with Crippen molar-refractivity contribution in [1.82, 2.24) is 14.7 Å². The number of hydrazine groups is 1. The molecule has 1 N–H and O–H groups in total. The molecule has 1 unspecified atom stereocenters. The second kappa shape index (κ2) is 8.64. The summed E-state index contributed by atoms with van der Waals surface area (Å²) >= 11 is 0. The van der Waals surface area contributed by atoms with Gasteiger partial charge in [-0.2, -0.15) is 4.31 Å². The number of hydrogen-bond donors (Lipinski definition) is 1. The van der Waals surface area contributed by atoms with E-state index in [1.807, 2.05) is 5.01 Å². The molecule has 150 valence electrons. The summed E-state index contributed by atoms with van der Waals surface area (Å²) < 4.78 is 46.4. The van der Waals surface area contributed by atoms with E-state index in [9.17, 15) is 17.6 Å². The highest BCUT2D eigenvalue weighted by atomic mass is 32.2. The predicted molar refractivity (Wildman–Crippen MR) is 97.8 cm³/mol. The van der Waals surface area contributed by atoms with E-state index in [-0.39, 0.29) is 29.7 Å². The summed E-state index contributed by atoms with van der Waals surface area (Å²) in [5, 5.41) is 1.82. The number of carbonyl (C=O) groups is 1. The zero-order valence-electron chi connectivity index (χ0n) is 15.5. The van der Waals surface area contributed by atoms with E-state index in [1.54, 1.807) is 13.0 Å². The molecule has 2 heterocycles. The van der Waals surface area contributed by atoms with Gasteiger partial charge in [0.2, 0.25) is 15.9 Å². The number of benzene rings is 1. The van der Waals surface area contributed by atoms with Gasteiger partial charge in [0, 0.05) is 32.6 Å². The van der Waals surface area contributed by atoms with Crippen molar-refractivity contribution < 1.29 is 22.3 Å². The number of hydrogen-bond acceptors (Lipinski definition) is 5. The molecule has 2 saturated heterocycles. The maximum Gasteiger partial charge on any atom is 0.246 e. The van der Waals surface area contributed by atoms with Gasteiger partial charge >= 0.3 is 0 Å². The molecule has 1 aromatic rings. The molecule has 2 fully saturated rings. The Kier molecular flexibility index (Phi) is 6.46. The van der Waals surface area contributed by atoms with E-state index in [4.69, 9.17) is 4.74 Å². The summed E-state index contributed by atoms with van der Waals surface area (Å²) in [6.45, 7) is 4.75. The van der Waals surface area contributed by atoms with Crippen LogP contribution in [-0.2, 0) is 19.6 Å². The van der Waals surface area contributed by atoms with Gasteiger partial charge in [-0.25, -0.2) is 17.8 Å². The summed E-state index contributed by atoms with van der Waals surface area (Å²) in [6, 6.07) is 4.09. The van der Waals surface area contributed by atoms with Crippen LogP contribution in [0.25, 0.3) is 0 Å². The minimum Gasteiger partial charge on any atom is -0.379 e. The van der Waals surface area contributed by atoms with Crippen molar-refractivity contribution in [3.63, 3.8) is 0 Å². The van der Waals surface area contributed by atoms with Gasteiger partial charge in [-0.05, 0) is 43.4 Å². The largest absolute Gasteiger partial charge is 0.379 e. The smallest absolute Gasteiger partial charge is 0.246 e. The molecule has 1 aromatic carbocycles. The van der Waals surface area contributed by atoms with Crippen molar-refractivity contribution in [3.05, 3.63) is 29.6 Å². The normalized spacial score (nSPS) is 22.5. The minimum absolute atomic E-state index is 0.0811. The molecule has 0 aliphatic carbocycles. The lowest BCUT2D eigenvalue weighted by molar-refractivity contribution is -0.129. The second-order valence-electron chi connectivity index (χ2n) is 7.14. The van der Waals surface area contributed by atoms with Gasteiger partial charge in [-0.1, -0.05) is 6.07 Å². The molecular formula is C18H26FN3O4S. The Bertz CT molecular complexity index is 781. The average molecular weight is 399 g/mol. The highest BCUT2D eigenvalue weighted by Crippen LogP contribution is 2.27. The molecule has 27 heavy (non-hydrogen) atoms. The SMILES string of the molecule is Cc1ccc(F)c(S(=O)(=O)N2CCCC(CC(=O)NN3CCOCC3)C2)c1. The van der Waals surface area contributed by atoms with E-state index in [1.165, 1.54) is 16.4 Å². The number of sulfonamides is 1. The van der Waals surface area contributed by atoms with Gasteiger partial charge in [0.05, 0.1) is 13.2 Å². The average Bonchev–Trinajstić information content (AvgIpc) is 2.64. The van der Waals surface area contributed by atoms with Gasteiger partial charge in [-0.3, -0.25) is 10.2 Å². The highest BCUT2D eigenvalue weighted by molar-refractivity contribution is 7.89. The van der Waals surface area contributed by atoms with Gasteiger partial charge in [0.25, 0.3) is 0 Å². The van der Waals surface area contributed by atoms with Crippen LogP contribution in [0.2, 0.25) is 0 Å². The van der Waals surface area contributed by atoms with Crippen molar-refractivity contribution in [2.75, 3.05) is 39.4 Å². The molecule has 2 aliphatic rings. The van der Waals surface area contributed by atoms with Crippen molar-refractivity contribution in [2.45, 2.75) is 31.1 Å². The van der Waals surface area contributed by atoms with Crippen LogP contribution in [0, 0.1) is 18.7 Å². The number of nitrogens with one attached hydrogen (secondary N) is 1. The maximum atomic E-state index is 14.1. The van der Waals surface area contributed by atoms with Crippen LogP contribution < -0.4 is 5.43 Å². The van der Waals surface area contributed by atoms with E-state index in [0.29, 0.717) is 44.8 Å². The third-order valence-corrected chi connectivity index (χ3v) is 6.83. The molecule has 7 nitrogen and oxygen atoms in total. The number of halogens is 1. The summed E-state index contributed by atoms with van der Waals surface area (Å²) in [5.41, 5.74) is 3.54. The Morgan fingerprint density at radius 2 is 2.04 bits per heavy atom. The number of carbonyl (C=O) groups excluding carboxylic acids is 1. The van der Waals surface area contributed by atoms with E-state index in [0.717, 1.165) is 6.42 Å². The number of piperidine rings is 1. The predicted octanol–water partition coefficient (Wildman–Crippen LogP) is 1.29. The molecule has 0 radical (unpaired) electrons. The monoisotopic (exact) mass is 399 g/mol. The second-order valence-corrected chi connectivity index (χ2v) is 9.05. The van der Waals surface area contributed by atoms with Gasteiger partial charge in [0.1, 0.15) is 10.7 Å². The van der Waals surface area contributed by atoms with Crippen molar-refractivity contribution in [3.8, 4) is 0 Å². The number of amides is 1. The molecule has 1 amide bonds. The van der Waals surface area contributed by atoms with Crippen LogP contribution in [-0.4, -0.2) is 63.0 Å². The molecule has 0 spiro atoms. The third-order valence-electron chi connectivity index (χ3n) is 4.95. The summed E-state index contributed by atoms with van der Waals surface area (Å²) in [4.78, 5) is 12.0. The lowest BCUT2D eigenvalue weighted by Gasteiger charge is -2.32. The zero-order valence-corrected chi connectivity index (χ0v) is 16.3. The number of ether oxygens (including phenoxy) is 1. The number of morpholine rings is 1. The first-order valence-electron chi connectivity index (χ1n) is 9.25. The minimum atomic E-state index is -3.91. The van der Waals surface area contributed by atoms with Crippen molar-refractivity contribution in [1.29, 1.82) is 0 Å². The molecule has 0 bridgehead atoms. The topological polar surface area (TPSA) is 79.0 Å². The Morgan fingerprint density at radius 1 is 1.30 bits per heavy atom. The standard InChI is InChI=1S/C18H26FN3O4S/c1-14-4-5-16(19)17(11-14)27(24,25)22-6-2-3-15(13-22)12-18(23)20-21-7-9-26-10-8-21/h4-5,11,15H,2-3,6-10,12-13H2,1H3,(H,20,23). The number of rotatable bonds is 5. The van der Waals surface area contributed by atoms with E-state index >= 15 is 0 Å². The highest BCUT2D eigenvalue weighted by Gasteiger charge is 2.33. The van der Waals surface area contributed by atoms with E-state index < -0.39 is 15.8 Å². The van der Waals surface area contributed by atoms with Gasteiger partial charge in [-0.15, -0.1) is 0 Å². The Hall–Kier alpha value is -1.55.